The van der Waals surface area contributed by atoms with Gasteiger partial charge in [0.2, 0.25) is 0 Å². The van der Waals surface area contributed by atoms with E-state index in [0.717, 1.165) is 15.6 Å². The number of nitrogens with zero attached hydrogens (tertiary/aromatic N) is 1. The summed E-state index contributed by atoms with van der Waals surface area (Å²) >= 11 is 7.27. The highest BCUT2D eigenvalue weighted by Gasteiger charge is 2.25. The number of thiophene rings is 1. The number of amides is 1. The van der Waals surface area contributed by atoms with Crippen molar-refractivity contribution in [2.45, 2.75) is 4.90 Å². The van der Waals surface area contributed by atoms with Crippen molar-refractivity contribution >= 4 is 56.2 Å². The lowest BCUT2D eigenvalue weighted by Crippen LogP contribution is -2.27. The van der Waals surface area contributed by atoms with Gasteiger partial charge in [-0.05, 0) is 53.9 Å². The van der Waals surface area contributed by atoms with Crippen molar-refractivity contribution in [1.82, 2.24) is 0 Å². The van der Waals surface area contributed by atoms with Crippen LogP contribution in [0.5, 0.6) is 5.75 Å². The van der Waals surface area contributed by atoms with E-state index in [2.05, 4.69) is 5.32 Å². The van der Waals surface area contributed by atoms with Gasteiger partial charge in [0.1, 0.15) is 10.6 Å². The number of rotatable bonds is 7. The molecule has 0 bridgehead atoms. The number of sulfonamides is 1. The molecule has 8 nitrogen and oxygen atoms in total. The molecule has 11 heteroatoms. The summed E-state index contributed by atoms with van der Waals surface area (Å²) < 4.78 is 37.1. The average molecular weight is 495 g/mol. The Morgan fingerprint density at radius 3 is 2.38 bits per heavy atom. The Balaban J connectivity index is 1.91. The van der Waals surface area contributed by atoms with Crippen LogP contribution in [0.1, 0.15) is 20.0 Å². The third-order valence-corrected chi connectivity index (χ3v) is 7.57. The molecule has 0 radical (unpaired) electrons. The number of methoxy groups -OCH3 is 2. The highest BCUT2D eigenvalue weighted by molar-refractivity contribution is 7.92. The minimum absolute atomic E-state index is 0.0575. The van der Waals surface area contributed by atoms with Crippen molar-refractivity contribution in [3.63, 3.8) is 0 Å². The van der Waals surface area contributed by atoms with Crippen molar-refractivity contribution in [2.24, 2.45) is 0 Å². The standard InChI is InChI=1S/C21H19ClN2O6S2/c1-24(13-4-6-14(29-2)7-5-13)32(27,28)15-8-9-17(22)16(12-15)20(25)23-18-10-11-31-19(18)21(26)30-3/h4-12H,1-3H3,(H,23,25). The van der Waals surface area contributed by atoms with Gasteiger partial charge in [0.15, 0.2) is 0 Å². The lowest BCUT2D eigenvalue weighted by Gasteiger charge is -2.20. The van der Waals surface area contributed by atoms with E-state index in [1.165, 1.54) is 39.5 Å². The Hall–Kier alpha value is -3.08. The lowest BCUT2D eigenvalue weighted by atomic mass is 10.2. The maximum Gasteiger partial charge on any atom is 0.350 e. The van der Waals surface area contributed by atoms with Gasteiger partial charge in [-0.2, -0.15) is 0 Å². The highest BCUT2D eigenvalue weighted by atomic mass is 35.5. The molecule has 3 aromatic rings. The molecule has 0 fully saturated rings. The van der Waals surface area contributed by atoms with E-state index in [4.69, 9.17) is 21.1 Å². The second kappa shape index (κ2) is 9.60. The number of carbonyl (C=O) groups excluding carboxylic acids is 2. The summed E-state index contributed by atoms with van der Waals surface area (Å²) in [6.07, 6.45) is 0. The van der Waals surface area contributed by atoms with Gasteiger partial charge >= 0.3 is 5.97 Å². The molecule has 0 saturated heterocycles. The van der Waals surface area contributed by atoms with Crippen LogP contribution in [0, 0.1) is 0 Å². The molecular weight excluding hydrogens is 476 g/mol. The zero-order valence-corrected chi connectivity index (χ0v) is 19.7. The van der Waals surface area contributed by atoms with Crippen LogP contribution >= 0.6 is 22.9 Å². The molecule has 0 atom stereocenters. The van der Waals surface area contributed by atoms with Crippen molar-refractivity contribution in [1.29, 1.82) is 0 Å². The smallest absolute Gasteiger partial charge is 0.350 e. The molecule has 0 aliphatic heterocycles. The average Bonchev–Trinajstić information content (AvgIpc) is 3.26. The number of anilines is 2. The molecular formula is C21H19ClN2O6S2. The van der Waals surface area contributed by atoms with Crippen LogP contribution in [0.3, 0.4) is 0 Å². The first kappa shape index (κ1) is 23.6. The number of nitrogens with one attached hydrogen (secondary N) is 1. The summed E-state index contributed by atoms with van der Waals surface area (Å²) in [5.41, 5.74) is 0.595. The van der Waals surface area contributed by atoms with Gasteiger partial charge in [-0.1, -0.05) is 11.6 Å². The molecule has 0 unspecified atom stereocenters. The molecule has 0 spiro atoms. The third-order valence-electron chi connectivity index (χ3n) is 4.56. The number of halogens is 1. The Bertz CT molecular complexity index is 1260. The maximum absolute atomic E-state index is 13.1. The summed E-state index contributed by atoms with van der Waals surface area (Å²) in [6, 6.07) is 11.9. The van der Waals surface area contributed by atoms with E-state index in [-0.39, 0.29) is 26.0 Å². The van der Waals surface area contributed by atoms with Crippen molar-refractivity contribution in [3.8, 4) is 5.75 Å². The van der Waals surface area contributed by atoms with Crippen LogP contribution in [0.15, 0.2) is 58.8 Å². The van der Waals surface area contributed by atoms with Gasteiger partial charge in [-0.25, -0.2) is 13.2 Å². The van der Waals surface area contributed by atoms with E-state index in [0.29, 0.717) is 11.4 Å². The van der Waals surface area contributed by atoms with Crippen molar-refractivity contribution in [3.05, 3.63) is 69.4 Å². The molecule has 1 heterocycles. The molecule has 1 N–H and O–H groups in total. The minimum Gasteiger partial charge on any atom is -0.497 e. The van der Waals surface area contributed by atoms with Crippen LogP contribution in [-0.4, -0.2) is 41.6 Å². The van der Waals surface area contributed by atoms with Gasteiger partial charge in [0.25, 0.3) is 15.9 Å². The van der Waals surface area contributed by atoms with E-state index in [9.17, 15) is 18.0 Å². The van der Waals surface area contributed by atoms with Gasteiger partial charge in [-0.3, -0.25) is 9.10 Å². The number of ether oxygens (including phenoxy) is 2. The second-order valence-corrected chi connectivity index (χ2v) is 9.71. The number of hydrogen-bond donors (Lipinski definition) is 1. The fraction of sp³-hybridized carbons (Fsp3) is 0.143. The fourth-order valence-corrected chi connectivity index (χ4v) is 4.97. The molecule has 0 saturated carbocycles. The first-order chi connectivity index (χ1) is 15.2. The summed E-state index contributed by atoms with van der Waals surface area (Å²) in [5, 5.41) is 4.26. The van der Waals surface area contributed by atoms with Gasteiger partial charge in [0.05, 0.1) is 41.1 Å². The molecule has 0 aliphatic carbocycles. The Kier molecular flexibility index (Phi) is 7.07. The normalized spacial score (nSPS) is 11.0. The molecule has 3 rings (SSSR count). The molecule has 168 valence electrons. The first-order valence-corrected chi connectivity index (χ1v) is 11.8. The van der Waals surface area contributed by atoms with Crippen LogP contribution < -0.4 is 14.4 Å². The highest BCUT2D eigenvalue weighted by Crippen LogP contribution is 2.29. The molecule has 32 heavy (non-hydrogen) atoms. The first-order valence-electron chi connectivity index (χ1n) is 9.08. The van der Waals surface area contributed by atoms with E-state index in [1.807, 2.05) is 0 Å². The third kappa shape index (κ3) is 4.72. The van der Waals surface area contributed by atoms with Crippen molar-refractivity contribution < 1.29 is 27.5 Å². The van der Waals surface area contributed by atoms with Crippen molar-refractivity contribution in [2.75, 3.05) is 30.9 Å². The van der Waals surface area contributed by atoms with Crippen LogP contribution in [-0.2, 0) is 14.8 Å². The maximum atomic E-state index is 13.1. The predicted octanol–water partition coefficient (Wildman–Crippen LogP) is 4.27. The summed E-state index contributed by atoms with van der Waals surface area (Å²) in [4.78, 5) is 24.7. The molecule has 1 aromatic heterocycles. The van der Waals surface area contributed by atoms with Gasteiger partial charge in [-0.15, -0.1) is 11.3 Å². The number of carbonyl (C=O) groups is 2. The zero-order chi connectivity index (χ0) is 23.5. The number of hydrogen-bond acceptors (Lipinski definition) is 7. The number of esters is 1. The van der Waals surface area contributed by atoms with Gasteiger partial charge < -0.3 is 14.8 Å². The summed E-state index contributed by atoms with van der Waals surface area (Å²) in [5.74, 6) is -0.675. The summed E-state index contributed by atoms with van der Waals surface area (Å²) in [6.45, 7) is 0. The fourth-order valence-electron chi connectivity index (χ4n) is 2.78. The SMILES string of the molecule is COC(=O)c1sccc1NC(=O)c1cc(S(=O)(=O)N(C)c2ccc(OC)cc2)ccc1Cl. The molecule has 2 aromatic carbocycles. The Morgan fingerprint density at radius 1 is 1.06 bits per heavy atom. The van der Waals surface area contributed by atoms with Crippen LogP contribution in [0.2, 0.25) is 5.02 Å². The van der Waals surface area contributed by atoms with Crippen LogP contribution in [0.25, 0.3) is 0 Å². The van der Waals surface area contributed by atoms with E-state index < -0.39 is 21.9 Å². The summed E-state index contributed by atoms with van der Waals surface area (Å²) in [7, 11) is 0.160. The minimum atomic E-state index is -3.99. The second-order valence-electron chi connectivity index (χ2n) is 6.42. The monoisotopic (exact) mass is 494 g/mol. The van der Waals surface area contributed by atoms with Crippen LogP contribution in [0.4, 0.5) is 11.4 Å². The predicted molar refractivity (Wildman–Crippen MR) is 124 cm³/mol. The Labute approximate surface area is 194 Å². The lowest BCUT2D eigenvalue weighted by molar-refractivity contribution is 0.0607. The largest absolute Gasteiger partial charge is 0.497 e. The molecule has 0 aliphatic rings. The van der Waals surface area contributed by atoms with Gasteiger partial charge in [0, 0.05) is 7.05 Å². The number of benzene rings is 2. The quantitative estimate of drug-likeness (QED) is 0.492. The molecule has 1 amide bonds. The zero-order valence-electron chi connectivity index (χ0n) is 17.3. The Morgan fingerprint density at radius 2 is 1.75 bits per heavy atom. The van der Waals surface area contributed by atoms with E-state index in [1.54, 1.807) is 35.7 Å². The topological polar surface area (TPSA) is 102 Å². The van der Waals surface area contributed by atoms with E-state index >= 15 is 0 Å².